The van der Waals surface area contributed by atoms with Crippen LogP contribution in [0.4, 0.5) is 0 Å². The van der Waals surface area contributed by atoms with Crippen molar-refractivity contribution in [3.8, 4) is 0 Å². The number of carbonyl (C=O) groups excluding carboxylic acids is 1. The van der Waals surface area contributed by atoms with E-state index in [0.29, 0.717) is 37.3 Å². The fraction of sp³-hybridized carbons (Fsp3) is 0.278. The first-order valence-corrected chi connectivity index (χ1v) is 8.15. The number of rotatable bonds is 4. The second-order valence-electron chi connectivity index (χ2n) is 5.87. The summed E-state index contributed by atoms with van der Waals surface area (Å²) in [6.45, 7) is 2.22. The lowest BCUT2D eigenvalue weighted by Crippen LogP contribution is -2.29. The third-order valence-corrected chi connectivity index (χ3v) is 4.24. The van der Waals surface area contributed by atoms with Gasteiger partial charge in [-0.2, -0.15) is 5.10 Å². The van der Waals surface area contributed by atoms with Crippen LogP contribution in [0, 0.1) is 0 Å². The van der Waals surface area contributed by atoms with Crippen molar-refractivity contribution in [1.82, 2.24) is 15.1 Å². The molecule has 0 unspecified atom stereocenters. The van der Waals surface area contributed by atoms with Crippen LogP contribution in [-0.2, 0) is 24.3 Å². The minimum Gasteiger partial charge on any atom is -0.451 e. The maximum absolute atomic E-state index is 12.3. The number of nitrogens with zero attached hydrogens (tertiary/aromatic N) is 2. The standard InChI is InChI=1S/C18H17N3O4/c22-15-9-17(25-16-4-2-1-3-13(15)16)18(23)19-6-7-21-14-5-8-24-11-12(14)10-20-21/h1-4,9-10H,5-8,11H2,(H,19,23). The predicted octanol–water partition coefficient (Wildman–Crippen LogP) is 1.49. The Morgan fingerprint density at radius 1 is 1.32 bits per heavy atom. The van der Waals surface area contributed by atoms with Crippen LogP contribution in [-0.4, -0.2) is 28.8 Å². The number of nitrogens with one attached hydrogen (secondary N) is 1. The number of para-hydroxylation sites is 1. The minimum atomic E-state index is -0.410. The lowest BCUT2D eigenvalue weighted by Gasteiger charge is -2.14. The van der Waals surface area contributed by atoms with Gasteiger partial charge in [0.25, 0.3) is 5.91 Å². The van der Waals surface area contributed by atoms with Crippen LogP contribution < -0.4 is 10.7 Å². The SMILES string of the molecule is O=C(NCCn1ncc2c1CCOC2)c1cc(=O)c2ccccc2o1. The largest absolute Gasteiger partial charge is 0.451 e. The van der Waals surface area contributed by atoms with E-state index in [4.69, 9.17) is 9.15 Å². The highest BCUT2D eigenvalue weighted by Crippen LogP contribution is 2.16. The van der Waals surface area contributed by atoms with Gasteiger partial charge in [0.1, 0.15) is 5.58 Å². The molecule has 0 saturated carbocycles. The molecule has 7 heteroatoms. The Balaban J connectivity index is 1.44. The summed E-state index contributed by atoms with van der Waals surface area (Å²) in [5, 5.41) is 7.57. The van der Waals surface area contributed by atoms with Crippen LogP contribution >= 0.6 is 0 Å². The molecular weight excluding hydrogens is 322 g/mol. The van der Waals surface area contributed by atoms with Gasteiger partial charge in [-0.1, -0.05) is 12.1 Å². The van der Waals surface area contributed by atoms with Gasteiger partial charge in [-0.3, -0.25) is 14.3 Å². The van der Waals surface area contributed by atoms with E-state index in [9.17, 15) is 9.59 Å². The molecule has 1 amide bonds. The monoisotopic (exact) mass is 339 g/mol. The van der Waals surface area contributed by atoms with E-state index >= 15 is 0 Å². The molecular formula is C18H17N3O4. The zero-order valence-corrected chi connectivity index (χ0v) is 13.5. The molecule has 25 heavy (non-hydrogen) atoms. The number of benzene rings is 1. The molecule has 0 atom stereocenters. The lowest BCUT2D eigenvalue weighted by atomic mass is 10.2. The lowest BCUT2D eigenvalue weighted by molar-refractivity contribution is 0.0923. The van der Waals surface area contributed by atoms with Gasteiger partial charge >= 0.3 is 0 Å². The molecule has 0 aliphatic carbocycles. The number of hydrogen-bond donors (Lipinski definition) is 1. The molecule has 1 aliphatic heterocycles. The minimum absolute atomic E-state index is 0.0135. The van der Waals surface area contributed by atoms with E-state index in [2.05, 4.69) is 10.4 Å². The Labute approximate surface area is 143 Å². The molecule has 2 aromatic heterocycles. The van der Waals surface area contributed by atoms with E-state index in [-0.39, 0.29) is 11.2 Å². The summed E-state index contributed by atoms with van der Waals surface area (Å²) in [7, 11) is 0. The number of aromatic nitrogens is 2. The van der Waals surface area contributed by atoms with Crippen molar-refractivity contribution in [1.29, 1.82) is 0 Å². The normalized spacial score (nSPS) is 13.6. The van der Waals surface area contributed by atoms with E-state index in [1.807, 2.05) is 4.68 Å². The molecule has 3 aromatic rings. The van der Waals surface area contributed by atoms with Crippen molar-refractivity contribution in [3.63, 3.8) is 0 Å². The van der Waals surface area contributed by atoms with Gasteiger partial charge < -0.3 is 14.5 Å². The summed E-state index contributed by atoms with van der Waals surface area (Å²) in [5.41, 5.74) is 2.42. The highest BCUT2D eigenvalue weighted by molar-refractivity contribution is 5.93. The van der Waals surface area contributed by atoms with Gasteiger partial charge in [0.2, 0.25) is 0 Å². The van der Waals surface area contributed by atoms with Crippen molar-refractivity contribution in [3.05, 3.63) is 63.8 Å². The summed E-state index contributed by atoms with van der Waals surface area (Å²) in [4.78, 5) is 24.3. The maximum atomic E-state index is 12.3. The van der Waals surface area contributed by atoms with Crippen molar-refractivity contribution in [2.75, 3.05) is 13.2 Å². The fourth-order valence-corrected chi connectivity index (χ4v) is 2.98. The molecule has 0 bridgehead atoms. The first kappa shape index (κ1) is 15.6. The molecule has 0 radical (unpaired) electrons. The number of amides is 1. The van der Waals surface area contributed by atoms with Gasteiger partial charge in [0.05, 0.1) is 31.3 Å². The molecule has 4 rings (SSSR count). The predicted molar refractivity (Wildman–Crippen MR) is 90.4 cm³/mol. The zero-order chi connectivity index (χ0) is 17.2. The first-order valence-electron chi connectivity index (χ1n) is 8.15. The summed E-state index contributed by atoms with van der Waals surface area (Å²) in [6.07, 6.45) is 2.63. The van der Waals surface area contributed by atoms with Gasteiger partial charge in [-0.05, 0) is 12.1 Å². The third-order valence-electron chi connectivity index (χ3n) is 4.24. The van der Waals surface area contributed by atoms with Crippen LogP contribution in [0.25, 0.3) is 11.0 Å². The molecule has 128 valence electrons. The molecule has 1 aliphatic rings. The van der Waals surface area contributed by atoms with Crippen LogP contribution in [0.3, 0.4) is 0 Å². The van der Waals surface area contributed by atoms with Crippen molar-refractivity contribution >= 4 is 16.9 Å². The molecule has 0 spiro atoms. The van der Waals surface area contributed by atoms with Gasteiger partial charge in [0, 0.05) is 30.3 Å². The van der Waals surface area contributed by atoms with Crippen LogP contribution in [0.1, 0.15) is 21.8 Å². The second-order valence-corrected chi connectivity index (χ2v) is 5.87. The molecule has 0 fully saturated rings. The quantitative estimate of drug-likeness (QED) is 0.778. The van der Waals surface area contributed by atoms with E-state index < -0.39 is 5.91 Å². The van der Waals surface area contributed by atoms with Crippen LogP contribution in [0.5, 0.6) is 0 Å². The fourth-order valence-electron chi connectivity index (χ4n) is 2.98. The van der Waals surface area contributed by atoms with Crippen molar-refractivity contribution in [2.45, 2.75) is 19.6 Å². The van der Waals surface area contributed by atoms with E-state index in [1.54, 1.807) is 30.5 Å². The van der Waals surface area contributed by atoms with Crippen LogP contribution in [0.2, 0.25) is 0 Å². The average molecular weight is 339 g/mol. The Kier molecular flexibility index (Phi) is 4.07. The van der Waals surface area contributed by atoms with Crippen molar-refractivity contribution < 1.29 is 13.9 Å². The molecule has 1 N–H and O–H groups in total. The first-order chi connectivity index (χ1) is 12.2. The topological polar surface area (TPSA) is 86.4 Å². The smallest absolute Gasteiger partial charge is 0.287 e. The zero-order valence-electron chi connectivity index (χ0n) is 13.5. The van der Waals surface area contributed by atoms with E-state index in [1.165, 1.54) is 6.07 Å². The number of ether oxygens (including phenoxy) is 1. The molecule has 7 nitrogen and oxygen atoms in total. The second kappa shape index (κ2) is 6.52. The molecule has 0 saturated heterocycles. The Hall–Kier alpha value is -2.93. The van der Waals surface area contributed by atoms with Gasteiger partial charge in [-0.15, -0.1) is 0 Å². The molecule has 1 aromatic carbocycles. The Morgan fingerprint density at radius 2 is 2.20 bits per heavy atom. The summed E-state index contributed by atoms with van der Waals surface area (Å²) < 4.78 is 12.8. The van der Waals surface area contributed by atoms with E-state index in [0.717, 1.165) is 17.7 Å². The summed E-state index contributed by atoms with van der Waals surface area (Å²) in [6, 6.07) is 8.09. The van der Waals surface area contributed by atoms with Crippen LogP contribution in [0.15, 0.2) is 45.7 Å². The summed E-state index contributed by atoms with van der Waals surface area (Å²) >= 11 is 0. The number of fused-ring (bicyclic) bond motifs is 2. The Bertz CT molecular complexity index is 989. The maximum Gasteiger partial charge on any atom is 0.287 e. The van der Waals surface area contributed by atoms with Crippen molar-refractivity contribution in [2.24, 2.45) is 0 Å². The Morgan fingerprint density at radius 3 is 3.12 bits per heavy atom. The third kappa shape index (κ3) is 3.06. The van der Waals surface area contributed by atoms with Gasteiger partial charge in [0.15, 0.2) is 11.2 Å². The highest BCUT2D eigenvalue weighted by atomic mass is 16.5. The van der Waals surface area contributed by atoms with Gasteiger partial charge in [-0.25, -0.2) is 0 Å². The number of hydrogen-bond acceptors (Lipinski definition) is 5. The summed E-state index contributed by atoms with van der Waals surface area (Å²) in [5.74, 6) is -0.396. The highest BCUT2D eigenvalue weighted by Gasteiger charge is 2.16. The molecule has 3 heterocycles. The average Bonchev–Trinajstić information content (AvgIpc) is 3.05. The number of carbonyl (C=O) groups is 1.